The van der Waals surface area contributed by atoms with Crippen molar-refractivity contribution in [2.45, 2.75) is 0 Å². The lowest BCUT2D eigenvalue weighted by atomic mass is 10.0. The molecule has 0 amide bonds. The van der Waals surface area contributed by atoms with E-state index in [0.29, 0.717) is 24.7 Å². The molecule has 0 aliphatic carbocycles. The maximum Gasteiger partial charge on any atom is 0.128 e. The second kappa shape index (κ2) is 8.03. The summed E-state index contributed by atoms with van der Waals surface area (Å²) in [7, 11) is 3.31. The summed E-state index contributed by atoms with van der Waals surface area (Å²) >= 11 is 0. The number of anilines is 2. The van der Waals surface area contributed by atoms with Gasteiger partial charge in [0, 0.05) is 55.1 Å². The number of hydrazine groups is 1. The quantitative estimate of drug-likeness (QED) is 0.696. The normalized spacial score (nSPS) is 16.3. The molecule has 3 rings (SSSR count). The molecule has 2 heterocycles. The van der Waals surface area contributed by atoms with E-state index >= 15 is 0 Å². The lowest BCUT2D eigenvalue weighted by Crippen LogP contribution is -2.40. The summed E-state index contributed by atoms with van der Waals surface area (Å²) in [5, 5.41) is 2.97. The smallest absolute Gasteiger partial charge is 0.128 e. The van der Waals surface area contributed by atoms with Crippen LogP contribution in [0.4, 0.5) is 11.4 Å². The van der Waals surface area contributed by atoms with Crippen LogP contribution in [-0.2, 0) is 4.74 Å². The minimum Gasteiger partial charge on any atom is -0.496 e. The fourth-order valence-electron chi connectivity index (χ4n) is 2.93. The van der Waals surface area contributed by atoms with Crippen LogP contribution in [0.5, 0.6) is 5.75 Å². The van der Waals surface area contributed by atoms with Crippen LogP contribution in [0.15, 0.2) is 29.5 Å². The molecule has 0 spiro atoms. The SMILES string of the molecule is CN=CC(=CN)c1cc2c(NN3CCOCC3)c(N)cnc2cc1OC. The molecule has 2 aromatic rings. The van der Waals surface area contributed by atoms with Crippen molar-refractivity contribution in [1.29, 1.82) is 0 Å². The topological polar surface area (TPSA) is 111 Å². The van der Waals surface area contributed by atoms with Crippen LogP contribution in [0.3, 0.4) is 0 Å². The van der Waals surface area contributed by atoms with Crippen molar-refractivity contribution in [3.63, 3.8) is 0 Å². The van der Waals surface area contributed by atoms with Crippen molar-refractivity contribution < 1.29 is 9.47 Å². The molecule has 1 aliphatic rings. The third-order valence-corrected chi connectivity index (χ3v) is 4.26. The molecule has 0 bridgehead atoms. The van der Waals surface area contributed by atoms with E-state index in [-0.39, 0.29) is 0 Å². The number of hydrogen-bond acceptors (Lipinski definition) is 8. The summed E-state index contributed by atoms with van der Waals surface area (Å²) in [5.74, 6) is 0.670. The monoisotopic (exact) mass is 356 g/mol. The van der Waals surface area contributed by atoms with Gasteiger partial charge in [-0.05, 0) is 6.07 Å². The number of fused-ring (bicyclic) bond motifs is 1. The second-order valence-corrected chi connectivity index (χ2v) is 5.88. The van der Waals surface area contributed by atoms with Crippen LogP contribution in [0, 0.1) is 0 Å². The Morgan fingerprint density at radius 1 is 1.38 bits per heavy atom. The highest BCUT2D eigenvalue weighted by Gasteiger charge is 2.17. The summed E-state index contributed by atoms with van der Waals surface area (Å²) in [6.45, 7) is 2.93. The predicted molar refractivity (Wildman–Crippen MR) is 105 cm³/mol. The highest BCUT2D eigenvalue weighted by molar-refractivity contribution is 6.12. The van der Waals surface area contributed by atoms with E-state index in [9.17, 15) is 0 Å². The molecule has 1 fully saturated rings. The van der Waals surface area contributed by atoms with Crippen LogP contribution in [-0.4, -0.2) is 56.7 Å². The Hall–Kier alpha value is -2.84. The van der Waals surface area contributed by atoms with Gasteiger partial charge in [0.1, 0.15) is 5.75 Å². The molecule has 138 valence electrons. The van der Waals surface area contributed by atoms with Crippen LogP contribution < -0.4 is 21.6 Å². The number of allylic oxidation sites excluding steroid dienone is 1. The summed E-state index contributed by atoms with van der Waals surface area (Å²) in [6.07, 6.45) is 4.85. The first-order valence-electron chi connectivity index (χ1n) is 8.38. The lowest BCUT2D eigenvalue weighted by Gasteiger charge is -2.29. The molecule has 26 heavy (non-hydrogen) atoms. The van der Waals surface area contributed by atoms with Gasteiger partial charge in [0.05, 0.1) is 43.4 Å². The highest BCUT2D eigenvalue weighted by atomic mass is 16.5. The molecule has 0 radical (unpaired) electrons. The number of aromatic nitrogens is 1. The first kappa shape index (κ1) is 18.0. The average Bonchev–Trinajstić information content (AvgIpc) is 2.68. The zero-order chi connectivity index (χ0) is 18.5. The summed E-state index contributed by atoms with van der Waals surface area (Å²) in [5.41, 5.74) is 19.2. The molecular weight excluding hydrogens is 332 g/mol. The number of methoxy groups -OCH3 is 1. The van der Waals surface area contributed by atoms with Gasteiger partial charge in [0.25, 0.3) is 0 Å². The third-order valence-electron chi connectivity index (χ3n) is 4.26. The Kier molecular flexibility index (Phi) is 5.55. The van der Waals surface area contributed by atoms with E-state index in [1.807, 2.05) is 12.1 Å². The standard InChI is InChI=1S/C18H24N6O2/c1-21-10-12(9-19)13-7-14-16(8-17(13)25-2)22-11-15(20)18(14)23-24-3-5-26-6-4-24/h7-11H,3-6,19-20H2,1-2H3,(H,22,23). The van der Waals surface area contributed by atoms with Crippen molar-refractivity contribution in [3.05, 3.63) is 30.1 Å². The Bertz CT molecular complexity index is 843. The van der Waals surface area contributed by atoms with Crippen molar-refractivity contribution in [2.75, 3.05) is 51.6 Å². The zero-order valence-electron chi connectivity index (χ0n) is 15.0. The van der Waals surface area contributed by atoms with E-state index in [0.717, 1.165) is 40.8 Å². The largest absolute Gasteiger partial charge is 0.496 e. The number of aliphatic imine (C=N–C) groups is 1. The van der Waals surface area contributed by atoms with Gasteiger partial charge in [0.2, 0.25) is 0 Å². The third kappa shape index (κ3) is 3.56. The Morgan fingerprint density at radius 3 is 2.81 bits per heavy atom. The fourth-order valence-corrected chi connectivity index (χ4v) is 2.93. The Morgan fingerprint density at radius 2 is 2.15 bits per heavy atom. The molecule has 8 nitrogen and oxygen atoms in total. The van der Waals surface area contributed by atoms with E-state index in [1.54, 1.807) is 26.6 Å². The molecule has 1 saturated heterocycles. The fraction of sp³-hybridized carbons (Fsp3) is 0.333. The van der Waals surface area contributed by atoms with E-state index < -0.39 is 0 Å². The number of benzene rings is 1. The molecule has 1 aromatic carbocycles. The van der Waals surface area contributed by atoms with E-state index in [4.69, 9.17) is 20.9 Å². The lowest BCUT2D eigenvalue weighted by molar-refractivity contribution is 0.0498. The number of rotatable bonds is 5. The molecular formula is C18H24N6O2. The number of hydrogen-bond donors (Lipinski definition) is 3. The maximum atomic E-state index is 6.21. The molecule has 5 N–H and O–H groups in total. The number of nitrogen functional groups attached to an aromatic ring is 1. The van der Waals surface area contributed by atoms with E-state index in [1.165, 1.54) is 6.20 Å². The van der Waals surface area contributed by atoms with Crippen molar-refractivity contribution >= 4 is 34.1 Å². The number of nitrogens with two attached hydrogens (primary N) is 2. The number of morpholine rings is 1. The summed E-state index contributed by atoms with van der Waals surface area (Å²) in [6, 6.07) is 3.85. The summed E-state index contributed by atoms with van der Waals surface area (Å²) in [4.78, 5) is 8.51. The van der Waals surface area contributed by atoms with Gasteiger partial charge in [-0.1, -0.05) is 0 Å². The van der Waals surface area contributed by atoms with Gasteiger partial charge in [-0.15, -0.1) is 0 Å². The molecule has 0 unspecified atom stereocenters. The van der Waals surface area contributed by atoms with Gasteiger partial charge in [0.15, 0.2) is 0 Å². The van der Waals surface area contributed by atoms with Crippen LogP contribution in [0.2, 0.25) is 0 Å². The van der Waals surface area contributed by atoms with Crippen LogP contribution in [0.1, 0.15) is 5.56 Å². The first-order chi connectivity index (χ1) is 12.7. The van der Waals surface area contributed by atoms with Gasteiger partial charge in [-0.2, -0.15) is 0 Å². The summed E-state index contributed by atoms with van der Waals surface area (Å²) < 4.78 is 10.9. The number of nitrogens with one attached hydrogen (secondary N) is 1. The predicted octanol–water partition coefficient (Wildman–Crippen LogP) is 1.48. The molecule has 0 saturated carbocycles. The first-order valence-corrected chi connectivity index (χ1v) is 8.38. The van der Waals surface area contributed by atoms with Crippen molar-refractivity contribution in [2.24, 2.45) is 10.7 Å². The molecule has 0 atom stereocenters. The van der Waals surface area contributed by atoms with Gasteiger partial charge in [-0.3, -0.25) is 9.98 Å². The number of ether oxygens (including phenoxy) is 2. The van der Waals surface area contributed by atoms with Gasteiger partial charge >= 0.3 is 0 Å². The average molecular weight is 356 g/mol. The van der Waals surface area contributed by atoms with Crippen molar-refractivity contribution in [3.8, 4) is 5.75 Å². The minimum absolute atomic E-state index is 0.572. The van der Waals surface area contributed by atoms with Gasteiger partial charge in [-0.25, -0.2) is 5.01 Å². The van der Waals surface area contributed by atoms with Crippen LogP contribution in [0.25, 0.3) is 16.5 Å². The van der Waals surface area contributed by atoms with Crippen molar-refractivity contribution in [1.82, 2.24) is 9.99 Å². The minimum atomic E-state index is 0.572. The number of pyridine rings is 1. The van der Waals surface area contributed by atoms with E-state index in [2.05, 4.69) is 20.4 Å². The number of nitrogens with zero attached hydrogens (tertiary/aromatic N) is 3. The highest BCUT2D eigenvalue weighted by Crippen LogP contribution is 2.35. The Balaban J connectivity index is 2.13. The second-order valence-electron chi connectivity index (χ2n) is 5.88. The maximum absolute atomic E-state index is 6.21. The molecule has 8 heteroatoms. The molecule has 1 aliphatic heterocycles. The zero-order valence-corrected chi connectivity index (χ0v) is 15.0. The Labute approximate surface area is 152 Å². The molecule has 1 aromatic heterocycles. The van der Waals surface area contributed by atoms with Gasteiger partial charge < -0.3 is 26.4 Å². The van der Waals surface area contributed by atoms with Crippen LogP contribution >= 0.6 is 0 Å².